The monoisotopic (exact) mass is 618 g/mol. The normalized spacial score (nSPS) is 16.0. The molecule has 46 heavy (non-hydrogen) atoms. The number of rotatable bonds is 9. The minimum absolute atomic E-state index is 0.187. The van der Waals surface area contributed by atoms with E-state index in [4.69, 9.17) is 9.47 Å². The fourth-order valence-electron chi connectivity index (χ4n) is 6.51. The van der Waals surface area contributed by atoms with Crippen molar-refractivity contribution >= 4 is 21.9 Å². The van der Waals surface area contributed by atoms with Crippen molar-refractivity contribution in [2.75, 3.05) is 39.3 Å². The number of piperidine rings is 1. The molecular weight excluding hydrogens is 583 g/mol. The van der Waals surface area contributed by atoms with Gasteiger partial charge in [-0.15, -0.1) is 0 Å². The van der Waals surface area contributed by atoms with Crippen LogP contribution in [-0.2, 0) is 0 Å². The predicted molar refractivity (Wildman–Crippen MR) is 175 cm³/mol. The van der Waals surface area contributed by atoms with E-state index in [2.05, 4.69) is 46.4 Å². The van der Waals surface area contributed by atoms with E-state index in [1.54, 1.807) is 18.6 Å². The van der Waals surface area contributed by atoms with Gasteiger partial charge < -0.3 is 19.8 Å². The molecule has 0 atom stereocenters. The number of nitrogens with one attached hydrogen (secondary N) is 3. The number of aromatic amines is 2. The first-order valence-corrected chi connectivity index (χ1v) is 16.0. The highest BCUT2D eigenvalue weighted by molar-refractivity contribution is 6.00. The first-order chi connectivity index (χ1) is 22.7. The Morgan fingerprint density at radius 3 is 2.61 bits per heavy atom. The van der Waals surface area contributed by atoms with Gasteiger partial charge in [-0.2, -0.15) is 5.10 Å². The SMILES string of the molecule is Fc1cc(OCCN2CCCC2)cc(-c2nccc3[nH]c(-c4[nH]nc5ncc(-c6cncc(OC7CCNCC7)c6)cc45)cc23)c1. The van der Waals surface area contributed by atoms with Gasteiger partial charge >= 0.3 is 0 Å². The van der Waals surface area contributed by atoms with Gasteiger partial charge in [0.2, 0.25) is 0 Å². The summed E-state index contributed by atoms with van der Waals surface area (Å²) in [5.74, 6) is 0.896. The lowest BCUT2D eigenvalue weighted by Crippen LogP contribution is -2.34. The Bertz CT molecular complexity index is 1990. The summed E-state index contributed by atoms with van der Waals surface area (Å²) in [5, 5.41) is 12.7. The number of hydrogen-bond acceptors (Lipinski definition) is 8. The molecule has 0 aliphatic carbocycles. The number of H-pyrrole nitrogens is 2. The van der Waals surface area contributed by atoms with E-state index >= 15 is 0 Å². The summed E-state index contributed by atoms with van der Waals surface area (Å²) in [7, 11) is 0. The molecule has 234 valence electrons. The molecule has 0 amide bonds. The largest absolute Gasteiger partial charge is 0.492 e. The summed E-state index contributed by atoms with van der Waals surface area (Å²) in [5.41, 5.74) is 6.26. The number of nitrogens with zero attached hydrogens (tertiary/aromatic N) is 5. The molecule has 3 N–H and O–H groups in total. The molecule has 10 nitrogen and oxygen atoms in total. The maximum atomic E-state index is 14.8. The predicted octanol–water partition coefficient (Wildman–Crippen LogP) is 5.97. The second-order valence-electron chi connectivity index (χ2n) is 12.0. The highest BCUT2D eigenvalue weighted by atomic mass is 19.1. The lowest BCUT2D eigenvalue weighted by Gasteiger charge is -2.23. The van der Waals surface area contributed by atoms with Crippen LogP contribution in [0.3, 0.4) is 0 Å². The Labute approximate surface area is 265 Å². The van der Waals surface area contributed by atoms with Crippen molar-refractivity contribution in [1.82, 2.24) is 40.3 Å². The van der Waals surface area contributed by atoms with Crippen LogP contribution < -0.4 is 14.8 Å². The van der Waals surface area contributed by atoms with Crippen LogP contribution in [0.1, 0.15) is 25.7 Å². The van der Waals surface area contributed by atoms with Gasteiger partial charge in [-0.3, -0.25) is 20.0 Å². The van der Waals surface area contributed by atoms with Crippen LogP contribution in [0.25, 0.3) is 55.7 Å². The average Bonchev–Trinajstić information content (AvgIpc) is 3.85. The smallest absolute Gasteiger partial charge is 0.181 e. The average molecular weight is 619 g/mol. The molecule has 7 heterocycles. The molecule has 2 aliphatic rings. The van der Waals surface area contributed by atoms with Gasteiger partial charge in [0, 0.05) is 64.2 Å². The Kier molecular flexibility index (Phi) is 7.77. The fourth-order valence-corrected chi connectivity index (χ4v) is 6.51. The Morgan fingerprint density at radius 2 is 1.72 bits per heavy atom. The summed E-state index contributed by atoms with van der Waals surface area (Å²) in [6.07, 6.45) is 11.7. The van der Waals surface area contributed by atoms with E-state index in [1.807, 2.05) is 30.5 Å². The number of halogens is 1. The first-order valence-electron chi connectivity index (χ1n) is 16.0. The van der Waals surface area contributed by atoms with Crippen molar-refractivity contribution in [3.63, 3.8) is 0 Å². The van der Waals surface area contributed by atoms with Gasteiger partial charge in [0.25, 0.3) is 0 Å². The zero-order valence-electron chi connectivity index (χ0n) is 25.4. The second-order valence-corrected chi connectivity index (χ2v) is 12.0. The minimum Gasteiger partial charge on any atom is -0.492 e. The fraction of sp³-hybridized carbons (Fsp3) is 0.314. The van der Waals surface area contributed by atoms with Crippen molar-refractivity contribution in [3.8, 4) is 45.3 Å². The zero-order chi connectivity index (χ0) is 30.9. The van der Waals surface area contributed by atoms with Crippen molar-refractivity contribution < 1.29 is 13.9 Å². The molecule has 0 spiro atoms. The number of pyridine rings is 3. The van der Waals surface area contributed by atoms with Crippen molar-refractivity contribution in [2.24, 2.45) is 0 Å². The van der Waals surface area contributed by atoms with Gasteiger partial charge in [0.05, 0.1) is 23.3 Å². The summed E-state index contributed by atoms with van der Waals surface area (Å²) in [6.45, 7) is 5.47. The quantitative estimate of drug-likeness (QED) is 0.181. The standard InChI is InChI=1S/C35H35FN8O2/c36-25-13-22(14-27(17-25)45-12-11-44-9-1-2-10-44)33-29-18-32(41-31(29)5-8-39-33)34-30-16-24(20-40-35(30)43-42-34)23-15-28(21-38-19-23)46-26-3-6-37-7-4-26/h5,8,13-21,26,37,41H,1-4,6-7,9-12H2,(H,40,42,43). The first kappa shape index (κ1) is 28.6. The molecule has 5 aromatic heterocycles. The van der Waals surface area contributed by atoms with Gasteiger partial charge in [0.15, 0.2) is 5.65 Å². The maximum absolute atomic E-state index is 14.8. The van der Waals surface area contributed by atoms with E-state index in [-0.39, 0.29) is 11.9 Å². The molecule has 2 saturated heterocycles. The number of hydrogen-bond donors (Lipinski definition) is 3. The highest BCUT2D eigenvalue weighted by Crippen LogP contribution is 2.35. The molecule has 0 unspecified atom stereocenters. The molecule has 1 aromatic carbocycles. The topological polar surface area (TPSA) is 117 Å². The number of ether oxygens (including phenoxy) is 2. The number of fused-ring (bicyclic) bond motifs is 2. The third-order valence-electron chi connectivity index (χ3n) is 8.88. The summed E-state index contributed by atoms with van der Waals surface area (Å²) in [4.78, 5) is 19.6. The number of likely N-dealkylation sites (tertiary alicyclic amines) is 1. The summed E-state index contributed by atoms with van der Waals surface area (Å²) >= 11 is 0. The maximum Gasteiger partial charge on any atom is 0.181 e. The van der Waals surface area contributed by atoms with Crippen LogP contribution in [0.5, 0.6) is 11.5 Å². The van der Waals surface area contributed by atoms with Crippen molar-refractivity contribution in [1.29, 1.82) is 0 Å². The third-order valence-corrected chi connectivity index (χ3v) is 8.88. The zero-order valence-corrected chi connectivity index (χ0v) is 25.4. The summed E-state index contributed by atoms with van der Waals surface area (Å²) in [6, 6.07) is 12.8. The van der Waals surface area contributed by atoms with E-state index in [1.165, 1.54) is 25.0 Å². The molecule has 8 rings (SSSR count). The van der Waals surface area contributed by atoms with Crippen LogP contribution >= 0.6 is 0 Å². The van der Waals surface area contributed by atoms with Crippen LogP contribution in [0.2, 0.25) is 0 Å². The van der Waals surface area contributed by atoms with Crippen molar-refractivity contribution in [2.45, 2.75) is 31.8 Å². The van der Waals surface area contributed by atoms with Gasteiger partial charge in [-0.25, -0.2) is 9.37 Å². The Morgan fingerprint density at radius 1 is 0.870 bits per heavy atom. The van der Waals surface area contributed by atoms with Gasteiger partial charge in [-0.1, -0.05) is 0 Å². The summed E-state index contributed by atoms with van der Waals surface area (Å²) < 4.78 is 27.0. The van der Waals surface area contributed by atoms with Crippen LogP contribution in [0.4, 0.5) is 4.39 Å². The molecule has 2 fully saturated rings. The lowest BCUT2D eigenvalue weighted by molar-refractivity contribution is 0.162. The Hall–Kier alpha value is -4.87. The van der Waals surface area contributed by atoms with E-state index in [0.717, 1.165) is 90.1 Å². The van der Waals surface area contributed by atoms with E-state index < -0.39 is 0 Å². The third kappa shape index (κ3) is 5.91. The van der Waals surface area contributed by atoms with Gasteiger partial charge in [0.1, 0.15) is 30.0 Å². The molecule has 0 saturated carbocycles. The van der Waals surface area contributed by atoms with Crippen LogP contribution in [0.15, 0.2) is 67.3 Å². The minimum atomic E-state index is -0.360. The molecule has 11 heteroatoms. The molecule has 0 radical (unpaired) electrons. The number of benzene rings is 1. The van der Waals surface area contributed by atoms with Crippen molar-refractivity contribution in [3.05, 3.63) is 73.1 Å². The lowest BCUT2D eigenvalue weighted by atomic mass is 10.1. The van der Waals surface area contributed by atoms with Crippen LogP contribution in [-0.4, -0.2) is 80.5 Å². The van der Waals surface area contributed by atoms with Gasteiger partial charge in [-0.05, 0) is 88.3 Å². The molecular formula is C35H35FN8O2. The molecule has 2 aliphatic heterocycles. The van der Waals surface area contributed by atoms with Crippen LogP contribution in [0, 0.1) is 5.82 Å². The Balaban J connectivity index is 1.08. The van der Waals surface area contributed by atoms with E-state index in [9.17, 15) is 4.39 Å². The molecule has 6 aromatic rings. The van der Waals surface area contributed by atoms with E-state index in [0.29, 0.717) is 29.3 Å². The molecule has 0 bridgehead atoms. The second kappa shape index (κ2) is 12.5. The highest BCUT2D eigenvalue weighted by Gasteiger charge is 2.18. The number of aromatic nitrogens is 6.